The highest BCUT2D eigenvalue weighted by Crippen LogP contribution is 2.21. The van der Waals surface area contributed by atoms with Crippen molar-refractivity contribution in [3.63, 3.8) is 0 Å². The van der Waals surface area contributed by atoms with Crippen LogP contribution in [0.3, 0.4) is 0 Å². The fourth-order valence-corrected chi connectivity index (χ4v) is 2.15. The maximum absolute atomic E-state index is 11.2. The molecule has 2 nitrogen and oxygen atoms in total. The number of halogens is 2. The first-order chi connectivity index (χ1) is 7.13. The second kappa shape index (κ2) is 6.40. The van der Waals surface area contributed by atoms with Crippen molar-refractivity contribution in [3.8, 4) is 0 Å². The largest absolute Gasteiger partial charge is 0.351 e. The van der Waals surface area contributed by atoms with E-state index in [2.05, 4.69) is 21.2 Å². The van der Waals surface area contributed by atoms with E-state index < -0.39 is 0 Å². The normalized spacial score (nSPS) is 10.1. The van der Waals surface area contributed by atoms with Crippen LogP contribution in [0.5, 0.6) is 0 Å². The van der Waals surface area contributed by atoms with Crippen LogP contribution < -0.4 is 5.32 Å². The molecule has 5 heteroatoms. The van der Waals surface area contributed by atoms with E-state index in [0.717, 1.165) is 10.0 Å². The highest BCUT2D eigenvalue weighted by molar-refractivity contribution is 9.10. The average Bonchev–Trinajstić information content (AvgIpc) is 2.17. The Balaban J connectivity index is 2.54. The number of amides is 1. The van der Waals surface area contributed by atoms with Crippen LogP contribution >= 0.6 is 39.3 Å². The molecule has 0 spiro atoms. The van der Waals surface area contributed by atoms with Crippen molar-refractivity contribution in [2.75, 3.05) is 12.0 Å². The molecule has 1 amide bonds. The molecule has 0 aliphatic carbocycles. The van der Waals surface area contributed by atoms with Gasteiger partial charge in [0.15, 0.2) is 0 Å². The Bertz CT molecular complexity index is 359. The van der Waals surface area contributed by atoms with Crippen LogP contribution in [-0.2, 0) is 11.3 Å². The standard InChI is InChI=1S/C10H11BrClNOS/c1-15-6-10(14)13-5-7-2-3-8(11)4-9(7)12/h2-4H,5-6H2,1H3,(H,13,14). The van der Waals surface area contributed by atoms with Crippen molar-refractivity contribution in [1.82, 2.24) is 5.32 Å². The molecule has 0 fully saturated rings. The zero-order valence-corrected chi connectivity index (χ0v) is 11.4. The number of benzene rings is 1. The molecule has 1 N–H and O–H groups in total. The van der Waals surface area contributed by atoms with Crippen LogP contribution in [-0.4, -0.2) is 17.9 Å². The highest BCUT2D eigenvalue weighted by Gasteiger charge is 2.03. The molecule has 0 aromatic heterocycles. The lowest BCUT2D eigenvalue weighted by molar-refractivity contribution is -0.118. The molecule has 82 valence electrons. The number of rotatable bonds is 4. The number of carbonyl (C=O) groups excluding carboxylic acids is 1. The second-order valence-corrected chi connectivity index (χ2v) is 5.13. The van der Waals surface area contributed by atoms with E-state index >= 15 is 0 Å². The molecule has 0 saturated heterocycles. The fourth-order valence-electron chi connectivity index (χ4n) is 1.04. The van der Waals surface area contributed by atoms with Crippen molar-refractivity contribution in [2.24, 2.45) is 0 Å². The summed E-state index contributed by atoms with van der Waals surface area (Å²) in [5.74, 6) is 0.509. The van der Waals surface area contributed by atoms with Crippen LogP contribution in [0.15, 0.2) is 22.7 Å². The molecule has 1 aromatic rings. The lowest BCUT2D eigenvalue weighted by atomic mass is 10.2. The third-order valence-electron chi connectivity index (χ3n) is 1.77. The second-order valence-electron chi connectivity index (χ2n) is 2.95. The average molecular weight is 309 g/mol. The van der Waals surface area contributed by atoms with Crippen LogP contribution in [0.1, 0.15) is 5.56 Å². The predicted octanol–water partition coefficient (Wildman–Crippen LogP) is 3.08. The predicted molar refractivity (Wildman–Crippen MR) is 69.4 cm³/mol. The van der Waals surface area contributed by atoms with Crippen molar-refractivity contribution >= 4 is 45.2 Å². The van der Waals surface area contributed by atoms with Gasteiger partial charge in [-0.05, 0) is 24.0 Å². The van der Waals surface area contributed by atoms with Gasteiger partial charge in [0, 0.05) is 16.0 Å². The number of hydrogen-bond acceptors (Lipinski definition) is 2. The maximum atomic E-state index is 11.2. The first-order valence-electron chi connectivity index (χ1n) is 4.33. The monoisotopic (exact) mass is 307 g/mol. The number of thioether (sulfide) groups is 1. The minimum atomic E-state index is 0.0292. The van der Waals surface area contributed by atoms with Crippen LogP contribution in [0.2, 0.25) is 5.02 Å². The van der Waals surface area contributed by atoms with Gasteiger partial charge in [0.25, 0.3) is 0 Å². The minimum Gasteiger partial charge on any atom is -0.351 e. The maximum Gasteiger partial charge on any atom is 0.230 e. The molecule has 0 atom stereocenters. The third-order valence-corrected chi connectivity index (χ3v) is 3.16. The van der Waals surface area contributed by atoms with E-state index in [9.17, 15) is 4.79 Å². The van der Waals surface area contributed by atoms with E-state index in [0.29, 0.717) is 17.3 Å². The fraction of sp³-hybridized carbons (Fsp3) is 0.300. The molecule has 1 aromatic carbocycles. The first kappa shape index (κ1) is 12.9. The van der Waals surface area contributed by atoms with E-state index in [-0.39, 0.29) is 5.91 Å². The smallest absolute Gasteiger partial charge is 0.230 e. The van der Waals surface area contributed by atoms with Gasteiger partial charge < -0.3 is 5.32 Å². The van der Waals surface area contributed by atoms with Crippen LogP contribution in [0, 0.1) is 0 Å². The van der Waals surface area contributed by atoms with E-state index in [4.69, 9.17) is 11.6 Å². The molecule has 0 aliphatic rings. The van der Waals surface area contributed by atoms with Crippen molar-refractivity contribution in [2.45, 2.75) is 6.54 Å². The summed E-state index contributed by atoms with van der Waals surface area (Å²) in [7, 11) is 0. The quantitative estimate of drug-likeness (QED) is 0.926. The van der Waals surface area contributed by atoms with Crippen molar-refractivity contribution < 1.29 is 4.79 Å². The zero-order valence-electron chi connectivity index (χ0n) is 8.22. The zero-order chi connectivity index (χ0) is 11.3. The SMILES string of the molecule is CSCC(=O)NCc1ccc(Br)cc1Cl. The number of hydrogen-bond donors (Lipinski definition) is 1. The summed E-state index contributed by atoms with van der Waals surface area (Å²) < 4.78 is 0.937. The van der Waals surface area contributed by atoms with Gasteiger partial charge in [0.2, 0.25) is 5.91 Å². The summed E-state index contributed by atoms with van der Waals surface area (Å²) in [6, 6.07) is 5.62. The molecule has 0 unspecified atom stereocenters. The molecule has 1 rings (SSSR count). The van der Waals surface area contributed by atoms with Crippen molar-refractivity contribution in [3.05, 3.63) is 33.3 Å². The Morgan fingerprint density at radius 1 is 1.60 bits per heavy atom. The third kappa shape index (κ3) is 4.45. The van der Waals surface area contributed by atoms with Crippen LogP contribution in [0.25, 0.3) is 0 Å². The molecule has 0 saturated carbocycles. The minimum absolute atomic E-state index is 0.0292. The molecule has 0 bridgehead atoms. The molecular formula is C10H11BrClNOS. The lowest BCUT2D eigenvalue weighted by Gasteiger charge is -2.06. The lowest BCUT2D eigenvalue weighted by Crippen LogP contribution is -2.24. The Morgan fingerprint density at radius 3 is 2.93 bits per heavy atom. The summed E-state index contributed by atoms with van der Waals surface area (Å²) in [4.78, 5) is 11.2. The summed E-state index contributed by atoms with van der Waals surface area (Å²) >= 11 is 10.8. The first-order valence-corrected chi connectivity index (χ1v) is 6.89. The van der Waals surface area contributed by atoms with Crippen LogP contribution in [0.4, 0.5) is 0 Å². The summed E-state index contributed by atoms with van der Waals surface area (Å²) in [6.07, 6.45) is 1.90. The Kier molecular flexibility index (Phi) is 5.50. The Hall–Kier alpha value is -0.190. The van der Waals surface area contributed by atoms with E-state index in [1.165, 1.54) is 11.8 Å². The molecule has 0 radical (unpaired) electrons. The van der Waals surface area contributed by atoms with E-state index in [1.807, 2.05) is 24.5 Å². The topological polar surface area (TPSA) is 29.1 Å². The van der Waals surface area contributed by atoms with Gasteiger partial charge >= 0.3 is 0 Å². The van der Waals surface area contributed by atoms with Gasteiger partial charge in [-0.3, -0.25) is 4.79 Å². The summed E-state index contributed by atoms with van der Waals surface area (Å²) in [6.45, 7) is 0.478. The summed E-state index contributed by atoms with van der Waals surface area (Å²) in [5, 5.41) is 3.46. The highest BCUT2D eigenvalue weighted by atomic mass is 79.9. The van der Waals surface area contributed by atoms with Gasteiger partial charge in [0.05, 0.1) is 5.75 Å². The number of nitrogens with one attached hydrogen (secondary N) is 1. The molecular weight excluding hydrogens is 298 g/mol. The van der Waals surface area contributed by atoms with Gasteiger partial charge in [-0.2, -0.15) is 11.8 Å². The molecule has 15 heavy (non-hydrogen) atoms. The van der Waals surface area contributed by atoms with Gasteiger partial charge in [-0.25, -0.2) is 0 Å². The van der Waals surface area contributed by atoms with Gasteiger partial charge in [-0.15, -0.1) is 0 Å². The molecule has 0 aliphatic heterocycles. The van der Waals surface area contributed by atoms with Gasteiger partial charge in [-0.1, -0.05) is 33.6 Å². The van der Waals surface area contributed by atoms with Crippen molar-refractivity contribution in [1.29, 1.82) is 0 Å². The Labute approximate surface area is 107 Å². The number of carbonyl (C=O) groups is 1. The summed E-state index contributed by atoms with van der Waals surface area (Å²) in [5.41, 5.74) is 0.925. The Morgan fingerprint density at radius 2 is 2.33 bits per heavy atom. The molecule has 0 heterocycles. The van der Waals surface area contributed by atoms with Gasteiger partial charge in [0.1, 0.15) is 0 Å². The van der Waals surface area contributed by atoms with E-state index in [1.54, 1.807) is 0 Å².